The quantitative estimate of drug-likeness (QED) is 0.923. The molecule has 2 heterocycles. The molecular weight excluding hydrogens is 284 g/mol. The topological polar surface area (TPSA) is 41.0 Å². The van der Waals surface area contributed by atoms with E-state index in [-0.39, 0.29) is 0 Å². The van der Waals surface area contributed by atoms with Crippen LogP contribution in [0.2, 0.25) is 0 Å². The molecule has 1 fully saturated rings. The first-order valence-electron chi connectivity index (χ1n) is 8.61. The highest BCUT2D eigenvalue weighted by Gasteiger charge is 2.12. The number of aryl methyl sites for hydroxylation is 2. The third-order valence-corrected chi connectivity index (χ3v) is 4.35. The summed E-state index contributed by atoms with van der Waals surface area (Å²) in [4.78, 5) is 11.6. The minimum atomic E-state index is 0.788. The normalized spacial score (nSPS) is 15.3. The molecule has 0 atom stereocenters. The second kappa shape index (κ2) is 7.44. The van der Waals surface area contributed by atoms with Gasteiger partial charge >= 0.3 is 0 Å². The zero-order valence-electron chi connectivity index (χ0n) is 14.2. The maximum Gasteiger partial charge on any atom is 0.134 e. The van der Waals surface area contributed by atoms with Crippen molar-refractivity contribution in [1.82, 2.24) is 9.97 Å². The average molecular weight is 310 g/mol. The summed E-state index contributed by atoms with van der Waals surface area (Å²) in [5, 5.41) is 3.44. The maximum absolute atomic E-state index is 4.64. The second-order valence-corrected chi connectivity index (χ2v) is 6.40. The van der Waals surface area contributed by atoms with E-state index in [1.807, 2.05) is 6.92 Å². The molecule has 0 saturated carbocycles. The highest BCUT2D eigenvalue weighted by Crippen LogP contribution is 2.20. The standard InChI is InChI=1S/C19H26N4/c1-15-7-9-17(10-8-15)14-20-18-13-19(22-16(2)21-18)23-11-5-3-4-6-12-23/h7-10,13H,3-6,11-12,14H2,1-2H3,(H,20,21,22). The van der Waals surface area contributed by atoms with Gasteiger partial charge in [-0.2, -0.15) is 0 Å². The van der Waals surface area contributed by atoms with Crippen molar-refractivity contribution in [3.8, 4) is 0 Å². The Morgan fingerprint density at radius 3 is 2.35 bits per heavy atom. The van der Waals surface area contributed by atoms with Crippen LogP contribution in [0.3, 0.4) is 0 Å². The second-order valence-electron chi connectivity index (χ2n) is 6.40. The summed E-state index contributed by atoms with van der Waals surface area (Å²) in [5.74, 6) is 2.81. The van der Waals surface area contributed by atoms with Gasteiger partial charge in [0.25, 0.3) is 0 Å². The molecule has 4 nitrogen and oxygen atoms in total. The number of anilines is 2. The minimum Gasteiger partial charge on any atom is -0.366 e. The molecule has 2 aromatic rings. The van der Waals surface area contributed by atoms with Crippen molar-refractivity contribution in [1.29, 1.82) is 0 Å². The van der Waals surface area contributed by atoms with E-state index < -0.39 is 0 Å². The summed E-state index contributed by atoms with van der Waals surface area (Å²) < 4.78 is 0. The van der Waals surface area contributed by atoms with Crippen LogP contribution in [0, 0.1) is 13.8 Å². The highest BCUT2D eigenvalue weighted by atomic mass is 15.2. The van der Waals surface area contributed by atoms with E-state index >= 15 is 0 Å². The van der Waals surface area contributed by atoms with Crippen LogP contribution in [0.4, 0.5) is 11.6 Å². The fourth-order valence-electron chi connectivity index (χ4n) is 3.00. The summed E-state index contributed by atoms with van der Waals surface area (Å²) in [5.41, 5.74) is 2.55. The molecular formula is C19H26N4. The Balaban J connectivity index is 1.70. The summed E-state index contributed by atoms with van der Waals surface area (Å²) >= 11 is 0. The van der Waals surface area contributed by atoms with E-state index in [9.17, 15) is 0 Å². The lowest BCUT2D eigenvalue weighted by Crippen LogP contribution is -2.25. The van der Waals surface area contributed by atoms with Gasteiger partial charge in [-0.25, -0.2) is 9.97 Å². The van der Waals surface area contributed by atoms with Crippen LogP contribution in [-0.2, 0) is 6.54 Å². The van der Waals surface area contributed by atoms with Gasteiger partial charge in [-0.05, 0) is 32.3 Å². The third kappa shape index (κ3) is 4.44. The van der Waals surface area contributed by atoms with Gasteiger partial charge in [0.15, 0.2) is 0 Å². The minimum absolute atomic E-state index is 0.788. The molecule has 1 aliphatic rings. The first-order valence-corrected chi connectivity index (χ1v) is 8.61. The maximum atomic E-state index is 4.64. The van der Waals surface area contributed by atoms with Gasteiger partial charge in [0.05, 0.1) is 0 Å². The molecule has 1 aliphatic heterocycles. The molecule has 1 N–H and O–H groups in total. The number of nitrogens with zero attached hydrogens (tertiary/aromatic N) is 3. The van der Waals surface area contributed by atoms with Crippen LogP contribution >= 0.6 is 0 Å². The predicted molar refractivity (Wildman–Crippen MR) is 96.0 cm³/mol. The third-order valence-electron chi connectivity index (χ3n) is 4.35. The molecule has 0 aliphatic carbocycles. The number of benzene rings is 1. The van der Waals surface area contributed by atoms with Crippen molar-refractivity contribution < 1.29 is 0 Å². The molecule has 1 aromatic carbocycles. The molecule has 4 heteroatoms. The fraction of sp³-hybridized carbons (Fsp3) is 0.474. The number of aromatic nitrogens is 2. The lowest BCUT2D eigenvalue weighted by atomic mass is 10.1. The van der Waals surface area contributed by atoms with Crippen molar-refractivity contribution >= 4 is 11.6 Å². The first-order chi connectivity index (χ1) is 11.2. The molecule has 0 radical (unpaired) electrons. The van der Waals surface area contributed by atoms with E-state index in [4.69, 9.17) is 0 Å². The molecule has 1 aromatic heterocycles. The number of nitrogens with one attached hydrogen (secondary N) is 1. The van der Waals surface area contributed by atoms with E-state index in [2.05, 4.69) is 57.4 Å². The van der Waals surface area contributed by atoms with Crippen molar-refractivity contribution in [2.75, 3.05) is 23.3 Å². The highest BCUT2D eigenvalue weighted by molar-refractivity contribution is 5.49. The smallest absolute Gasteiger partial charge is 0.134 e. The number of hydrogen-bond acceptors (Lipinski definition) is 4. The average Bonchev–Trinajstić information content (AvgIpc) is 2.83. The Morgan fingerprint density at radius 2 is 1.65 bits per heavy atom. The Morgan fingerprint density at radius 1 is 0.957 bits per heavy atom. The molecule has 1 saturated heterocycles. The molecule has 3 rings (SSSR count). The number of hydrogen-bond donors (Lipinski definition) is 1. The van der Waals surface area contributed by atoms with Gasteiger partial charge in [-0.1, -0.05) is 42.7 Å². The number of rotatable bonds is 4. The lowest BCUT2D eigenvalue weighted by Gasteiger charge is -2.22. The summed E-state index contributed by atoms with van der Waals surface area (Å²) in [6.07, 6.45) is 5.18. The molecule has 122 valence electrons. The monoisotopic (exact) mass is 310 g/mol. The Labute approximate surface area is 139 Å². The van der Waals surface area contributed by atoms with Crippen molar-refractivity contribution in [2.24, 2.45) is 0 Å². The summed E-state index contributed by atoms with van der Waals surface area (Å²) in [6, 6.07) is 10.7. The largest absolute Gasteiger partial charge is 0.366 e. The van der Waals surface area contributed by atoms with E-state index in [0.29, 0.717) is 0 Å². The van der Waals surface area contributed by atoms with Crippen molar-refractivity contribution in [3.63, 3.8) is 0 Å². The van der Waals surface area contributed by atoms with Crippen LogP contribution in [0.15, 0.2) is 30.3 Å². The van der Waals surface area contributed by atoms with Gasteiger partial charge in [0, 0.05) is 25.7 Å². The Hall–Kier alpha value is -2.10. The van der Waals surface area contributed by atoms with E-state index in [1.54, 1.807) is 0 Å². The molecule has 0 spiro atoms. The fourth-order valence-corrected chi connectivity index (χ4v) is 3.00. The van der Waals surface area contributed by atoms with Gasteiger partial charge in [0.2, 0.25) is 0 Å². The van der Waals surface area contributed by atoms with E-state index in [1.165, 1.54) is 36.8 Å². The van der Waals surface area contributed by atoms with E-state index in [0.717, 1.165) is 37.1 Å². The van der Waals surface area contributed by atoms with Crippen LogP contribution in [-0.4, -0.2) is 23.1 Å². The van der Waals surface area contributed by atoms with Crippen LogP contribution < -0.4 is 10.2 Å². The summed E-state index contributed by atoms with van der Waals surface area (Å²) in [6.45, 7) is 7.08. The van der Waals surface area contributed by atoms with Gasteiger partial charge in [-0.3, -0.25) is 0 Å². The van der Waals surface area contributed by atoms with Crippen LogP contribution in [0.5, 0.6) is 0 Å². The van der Waals surface area contributed by atoms with Crippen LogP contribution in [0.25, 0.3) is 0 Å². The molecule has 23 heavy (non-hydrogen) atoms. The lowest BCUT2D eigenvalue weighted by molar-refractivity contribution is 0.726. The van der Waals surface area contributed by atoms with Crippen molar-refractivity contribution in [2.45, 2.75) is 46.1 Å². The van der Waals surface area contributed by atoms with Gasteiger partial charge < -0.3 is 10.2 Å². The Bertz CT molecular complexity index is 628. The summed E-state index contributed by atoms with van der Waals surface area (Å²) in [7, 11) is 0. The molecule has 0 unspecified atom stereocenters. The van der Waals surface area contributed by atoms with Crippen LogP contribution in [0.1, 0.15) is 42.6 Å². The molecule has 0 bridgehead atoms. The molecule has 0 amide bonds. The van der Waals surface area contributed by atoms with Gasteiger partial charge in [0.1, 0.15) is 17.5 Å². The van der Waals surface area contributed by atoms with Crippen molar-refractivity contribution in [3.05, 3.63) is 47.3 Å². The van der Waals surface area contributed by atoms with Gasteiger partial charge in [-0.15, -0.1) is 0 Å². The zero-order valence-corrected chi connectivity index (χ0v) is 14.2. The first kappa shape index (κ1) is 15.8. The zero-order chi connectivity index (χ0) is 16.1. The predicted octanol–water partition coefficient (Wildman–Crippen LogP) is 4.09. The Kier molecular flexibility index (Phi) is 5.11. The SMILES string of the molecule is Cc1ccc(CNc2cc(N3CCCCCC3)nc(C)n2)cc1.